The molecule has 0 saturated carbocycles. The van der Waals surface area contributed by atoms with E-state index in [9.17, 15) is 0 Å². The van der Waals surface area contributed by atoms with Crippen LogP contribution < -0.4 is 21.6 Å². The fourth-order valence-electron chi connectivity index (χ4n) is 1.53. The summed E-state index contributed by atoms with van der Waals surface area (Å²) in [5.74, 6) is 0. The molecule has 74 valence electrons. The van der Waals surface area contributed by atoms with Crippen molar-refractivity contribution < 1.29 is 29.4 Å². The first-order chi connectivity index (χ1) is 5.77. The third-order valence-corrected chi connectivity index (χ3v) is 3.33. The predicted molar refractivity (Wildman–Crippen MR) is 43.7 cm³/mol. The molecule has 0 aromatic rings. The maximum absolute atomic E-state index is 5.49. The van der Waals surface area contributed by atoms with Crippen LogP contribution in [0.25, 0.3) is 0 Å². The molecule has 4 heteroatoms. The number of rotatable bonds is 4. The molecule has 1 fully saturated rings. The summed E-state index contributed by atoms with van der Waals surface area (Å²) in [5, 5.41) is 0. The number of methoxy groups -OCH3 is 1. The molecule has 2 atom stereocenters. The number of hydrogen-bond donors (Lipinski definition) is 0. The van der Waals surface area contributed by atoms with Crippen molar-refractivity contribution in [3.8, 4) is 0 Å². The first-order valence-corrected chi connectivity index (χ1v) is 7.16. The van der Waals surface area contributed by atoms with Gasteiger partial charge in [0.05, 0.1) is 0 Å². The van der Waals surface area contributed by atoms with Gasteiger partial charge in [0.2, 0.25) is 0 Å². The Morgan fingerprint density at radius 3 is 2.83 bits per heavy atom. The Labute approximate surface area is 85.2 Å². The van der Waals surface area contributed by atoms with E-state index in [1.165, 1.54) is 0 Å². The molecule has 0 bridgehead atoms. The second-order valence-corrected chi connectivity index (χ2v) is 4.62. The van der Waals surface area contributed by atoms with E-state index >= 15 is 0 Å². The summed E-state index contributed by atoms with van der Waals surface area (Å²) in [4.78, 5) is 4.47. The van der Waals surface area contributed by atoms with Crippen LogP contribution in [0.5, 0.6) is 0 Å². The third kappa shape index (κ3) is 2.83. The molecule has 3 nitrogen and oxygen atoms in total. The van der Waals surface area contributed by atoms with E-state index in [2.05, 4.69) is 16.9 Å². The molecule has 1 aliphatic rings. The Kier molecular flexibility index (Phi) is 4.78. The standard InChI is InChI=1S/C8H17INO2/c1-9-12-6-7-4-8(11-3)5-10(7)2/h7-8H,4-6H2,1-3H3/q-1. The Hall–Kier alpha value is 0.610. The van der Waals surface area contributed by atoms with Crippen LogP contribution in [0.3, 0.4) is 0 Å². The molecule has 1 saturated heterocycles. The SMILES string of the molecule is COC1CC(CO[I-]C)N(C)C1. The zero-order valence-electron chi connectivity index (χ0n) is 7.92. The fraction of sp³-hybridized carbons (Fsp3) is 1.00. The van der Waals surface area contributed by atoms with Crippen molar-refractivity contribution in [1.29, 1.82) is 0 Å². The van der Waals surface area contributed by atoms with Crippen molar-refractivity contribution in [2.24, 2.45) is 0 Å². The fourth-order valence-corrected chi connectivity index (χ4v) is 2.30. The molecule has 0 N–H and O–H groups in total. The van der Waals surface area contributed by atoms with E-state index < -0.39 is 0 Å². The quantitative estimate of drug-likeness (QED) is 0.416. The number of likely N-dealkylation sites (N-methyl/N-ethyl adjacent to an activating group) is 1. The molecule has 1 heterocycles. The Morgan fingerprint density at radius 2 is 2.33 bits per heavy atom. The molecule has 1 rings (SSSR count). The molecular weight excluding hydrogens is 269 g/mol. The van der Waals surface area contributed by atoms with E-state index in [0.29, 0.717) is 12.1 Å². The summed E-state index contributed by atoms with van der Waals surface area (Å²) in [6.45, 7) is 1.94. The van der Waals surface area contributed by atoms with Gasteiger partial charge in [-0.1, -0.05) is 0 Å². The average Bonchev–Trinajstić information content (AvgIpc) is 2.43. The molecule has 0 aromatic carbocycles. The van der Waals surface area contributed by atoms with Crippen LogP contribution in [0.1, 0.15) is 6.42 Å². The van der Waals surface area contributed by atoms with Crippen LogP contribution in [-0.2, 0) is 7.80 Å². The summed E-state index contributed by atoms with van der Waals surface area (Å²) >= 11 is -0.0166. The number of likely N-dealkylation sites (tertiary alicyclic amines) is 1. The molecular formula is C8H17INO2-. The number of alkyl halides is 1. The summed E-state index contributed by atoms with van der Waals surface area (Å²) < 4.78 is 10.8. The molecule has 1 aliphatic heterocycles. The van der Waals surface area contributed by atoms with Gasteiger partial charge in [0.1, 0.15) is 0 Å². The van der Waals surface area contributed by atoms with Gasteiger partial charge >= 0.3 is 85.1 Å². The van der Waals surface area contributed by atoms with Gasteiger partial charge in [0, 0.05) is 0 Å². The summed E-state index contributed by atoms with van der Waals surface area (Å²) in [6, 6.07) is 0.578. The summed E-state index contributed by atoms with van der Waals surface area (Å²) in [7, 11) is 3.93. The zero-order valence-corrected chi connectivity index (χ0v) is 10.1. The van der Waals surface area contributed by atoms with Gasteiger partial charge in [0.15, 0.2) is 0 Å². The average molecular weight is 286 g/mol. The van der Waals surface area contributed by atoms with Gasteiger partial charge < -0.3 is 0 Å². The van der Waals surface area contributed by atoms with Crippen LogP contribution in [0, 0.1) is 0 Å². The normalized spacial score (nSPS) is 31.6. The maximum atomic E-state index is 5.49. The zero-order chi connectivity index (χ0) is 8.97. The van der Waals surface area contributed by atoms with E-state index in [4.69, 9.17) is 7.80 Å². The second kappa shape index (κ2) is 5.36. The van der Waals surface area contributed by atoms with Crippen LogP contribution in [0.2, 0.25) is 0 Å². The van der Waals surface area contributed by atoms with Crippen molar-refractivity contribution in [3.63, 3.8) is 0 Å². The van der Waals surface area contributed by atoms with Crippen LogP contribution >= 0.6 is 0 Å². The Bertz CT molecular complexity index is 134. The number of halogens is 1. The van der Waals surface area contributed by atoms with Gasteiger partial charge in [-0.25, -0.2) is 0 Å². The van der Waals surface area contributed by atoms with E-state index in [1.807, 2.05) is 0 Å². The first-order valence-electron chi connectivity index (χ1n) is 4.12. The van der Waals surface area contributed by atoms with Crippen molar-refractivity contribution in [3.05, 3.63) is 0 Å². The number of ether oxygens (including phenoxy) is 1. The van der Waals surface area contributed by atoms with Crippen molar-refractivity contribution in [2.75, 3.05) is 32.2 Å². The van der Waals surface area contributed by atoms with Crippen molar-refractivity contribution in [1.82, 2.24) is 4.90 Å². The Morgan fingerprint density at radius 1 is 1.58 bits per heavy atom. The van der Waals surface area contributed by atoms with Crippen molar-refractivity contribution in [2.45, 2.75) is 18.6 Å². The molecule has 12 heavy (non-hydrogen) atoms. The molecule has 0 aromatic heterocycles. The van der Waals surface area contributed by atoms with E-state index in [0.717, 1.165) is 19.6 Å². The van der Waals surface area contributed by atoms with Gasteiger partial charge in [-0.15, -0.1) is 0 Å². The molecule has 0 spiro atoms. The molecule has 0 amide bonds. The first kappa shape index (κ1) is 10.7. The van der Waals surface area contributed by atoms with Crippen LogP contribution in [0.15, 0.2) is 0 Å². The van der Waals surface area contributed by atoms with Gasteiger partial charge in [0.25, 0.3) is 0 Å². The van der Waals surface area contributed by atoms with Crippen molar-refractivity contribution >= 4 is 0 Å². The summed E-state index contributed by atoms with van der Waals surface area (Å²) in [6.07, 6.45) is 1.54. The second-order valence-electron chi connectivity index (χ2n) is 3.12. The Balaban J connectivity index is 2.25. The molecule has 0 aliphatic carbocycles. The van der Waals surface area contributed by atoms with Gasteiger partial charge in [-0.3, -0.25) is 0 Å². The van der Waals surface area contributed by atoms with Crippen LogP contribution in [0.4, 0.5) is 0 Å². The number of hydrogen-bond acceptors (Lipinski definition) is 3. The van der Waals surface area contributed by atoms with Crippen LogP contribution in [-0.4, -0.2) is 49.3 Å². The number of nitrogens with zero attached hydrogens (tertiary/aromatic N) is 1. The van der Waals surface area contributed by atoms with E-state index in [-0.39, 0.29) is 21.6 Å². The minimum absolute atomic E-state index is 0.0166. The third-order valence-electron chi connectivity index (χ3n) is 2.35. The van der Waals surface area contributed by atoms with Gasteiger partial charge in [-0.05, 0) is 0 Å². The monoisotopic (exact) mass is 286 g/mol. The minimum atomic E-state index is -0.0166. The molecule has 0 radical (unpaired) electrons. The van der Waals surface area contributed by atoms with Gasteiger partial charge in [-0.2, -0.15) is 0 Å². The van der Waals surface area contributed by atoms with E-state index in [1.54, 1.807) is 7.11 Å². The summed E-state index contributed by atoms with van der Waals surface area (Å²) in [5.41, 5.74) is 0. The molecule has 2 unspecified atom stereocenters. The predicted octanol–water partition coefficient (Wildman–Crippen LogP) is -2.64. The topological polar surface area (TPSA) is 21.7 Å².